The smallest absolute Gasteiger partial charge is 0.254 e. The van der Waals surface area contributed by atoms with E-state index in [1.54, 1.807) is 17.0 Å². The number of carbonyl (C=O) groups excluding carboxylic acids is 1. The molecule has 1 fully saturated rings. The maximum atomic E-state index is 12.9. The van der Waals surface area contributed by atoms with Crippen molar-refractivity contribution in [2.45, 2.75) is 37.6 Å². The number of sulfonamides is 1. The fourth-order valence-electron chi connectivity index (χ4n) is 3.36. The normalized spacial score (nSPS) is 15.9. The highest BCUT2D eigenvalue weighted by Crippen LogP contribution is 2.19. The third-order valence-electron chi connectivity index (χ3n) is 5.11. The summed E-state index contributed by atoms with van der Waals surface area (Å²) < 4.78 is 33.7. The molecule has 29 heavy (non-hydrogen) atoms. The Morgan fingerprint density at radius 2 is 1.83 bits per heavy atom. The summed E-state index contributed by atoms with van der Waals surface area (Å²) in [5, 5.41) is 0. The van der Waals surface area contributed by atoms with Gasteiger partial charge in [-0.2, -0.15) is 0 Å². The van der Waals surface area contributed by atoms with Gasteiger partial charge in [0.1, 0.15) is 0 Å². The SMILES string of the molecule is Cc1ccc(S(=O)(=O)N[C@@H](C)CCc2ccccc2)cc1C(=O)N1CCOCC1. The van der Waals surface area contributed by atoms with E-state index < -0.39 is 10.0 Å². The number of ether oxygens (including phenoxy) is 1. The van der Waals surface area contributed by atoms with Crippen LogP contribution < -0.4 is 4.72 Å². The van der Waals surface area contributed by atoms with Crippen molar-refractivity contribution in [3.8, 4) is 0 Å². The Kier molecular flexibility index (Phi) is 7.05. The van der Waals surface area contributed by atoms with Crippen LogP contribution in [0.15, 0.2) is 53.4 Å². The molecule has 0 aromatic heterocycles. The third-order valence-corrected chi connectivity index (χ3v) is 6.70. The summed E-state index contributed by atoms with van der Waals surface area (Å²) >= 11 is 0. The maximum absolute atomic E-state index is 12.9. The second-order valence-corrected chi connectivity index (χ2v) is 9.14. The van der Waals surface area contributed by atoms with Gasteiger partial charge in [0, 0.05) is 24.7 Å². The molecule has 0 spiro atoms. The van der Waals surface area contributed by atoms with Crippen molar-refractivity contribution in [3.63, 3.8) is 0 Å². The van der Waals surface area contributed by atoms with Crippen molar-refractivity contribution in [2.75, 3.05) is 26.3 Å². The molecule has 1 amide bonds. The second-order valence-electron chi connectivity index (χ2n) is 7.43. The number of carbonyl (C=O) groups is 1. The molecule has 156 valence electrons. The molecule has 0 unspecified atom stereocenters. The molecule has 7 heteroatoms. The van der Waals surface area contributed by atoms with Crippen LogP contribution in [0.2, 0.25) is 0 Å². The minimum atomic E-state index is -3.71. The van der Waals surface area contributed by atoms with Gasteiger partial charge in [-0.25, -0.2) is 13.1 Å². The molecule has 2 aromatic rings. The molecule has 0 aliphatic carbocycles. The lowest BCUT2D eigenvalue weighted by Crippen LogP contribution is -2.41. The summed E-state index contributed by atoms with van der Waals surface area (Å²) in [7, 11) is -3.71. The van der Waals surface area contributed by atoms with Crippen molar-refractivity contribution in [1.82, 2.24) is 9.62 Å². The maximum Gasteiger partial charge on any atom is 0.254 e. The van der Waals surface area contributed by atoms with Crippen molar-refractivity contribution in [2.24, 2.45) is 0 Å². The lowest BCUT2D eigenvalue weighted by molar-refractivity contribution is 0.0302. The minimum Gasteiger partial charge on any atom is -0.378 e. The Balaban J connectivity index is 1.70. The van der Waals surface area contributed by atoms with Gasteiger partial charge in [-0.15, -0.1) is 0 Å². The largest absolute Gasteiger partial charge is 0.378 e. The molecule has 1 heterocycles. The number of benzene rings is 2. The van der Waals surface area contributed by atoms with Gasteiger partial charge in [-0.05, 0) is 49.9 Å². The Bertz CT molecular complexity index is 939. The first-order valence-electron chi connectivity index (χ1n) is 9.91. The second kappa shape index (κ2) is 9.52. The van der Waals surface area contributed by atoms with Gasteiger partial charge in [-0.1, -0.05) is 36.4 Å². The van der Waals surface area contributed by atoms with Crippen LogP contribution in [0.25, 0.3) is 0 Å². The molecule has 1 aliphatic heterocycles. The molecule has 0 radical (unpaired) electrons. The van der Waals surface area contributed by atoms with Crippen LogP contribution in [0.1, 0.15) is 34.8 Å². The van der Waals surface area contributed by atoms with Crippen molar-refractivity contribution < 1.29 is 17.9 Å². The summed E-state index contributed by atoms with van der Waals surface area (Å²) in [6, 6.07) is 14.5. The van der Waals surface area contributed by atoms with E-state index in [0.29, 0.717) is 38.3 Å². The Hall–Kier alpha value is -2.22. The Labute approximate surface area is 172 Å². The van der Waals surface area contributed by atoms with E-state index in [9.17, 15) is 13.2 Å². The van der Waals surface area contributed by atoms with Crippen LogP contribution in [0.5, 0.6) is 0 Å². The van der Waals surface area contributed by atoms with E-state index in [1.807, 2.05) is 44.2 Å². The fraction of sp³-hybridized carbons (Fsp3) is 0.409. The van der Waals surface area contributed by atoms with Crippen LogP contribution in [0, 0.1) is 6.92 Å². The topological polar surface area (TPSA) is 75.7 Å². The average molecular weight is 417 g/mol. The van der Waals surface area contributed by atoms with Gasteiger partial charge < -0.3 is 9.64 Å². The molecule has 1 saturated heterocycles. The molecule has 1 atom stereocenters. The van der Waals surface area contributed by atoms with Gasteiger partial charge >= 0.3 is 0 Å². The van der Waals surface area contributed by atoms with Gasteiger partial charge in [0.15, 0.2) is 0 Å². The van der Waals surface area contributed by atoms with Crippen LogP contribution in [0.3, 0.4) is 0 Å². The van der Waals surface area contributed by atoms with E-state index >= 15 is 0 Å². The Morgan fingerprint density at radius 3 is 2.52 bits per heavy atom. The van der Waals surface area contributed by atoms with Crippen molar-refractivity contribution in [3.05, 3.63) is 65.2 Å². The number of hydrogen-bond donors (Lipinski definition) is 1. The average Bonchev–Trinajstić information content (AvgIpc) is 2.73. The van der Waals surface area contributed by atoms with Gasteiger partial charge in [-0.3, -0.25) is 4.79 Å². The fourth-order valence-corrected chi connectivity index (χ4v) is 4.66. The van der Waals surface area contributed by atoms with E-state index in [0.717, 1.165) is 12.0 Å². The lowest BCUT2D eigenvalue weighted by Gasteiger charge is -2.27. The zero-order chi connectivity index (χ0) is 20.9. The van der Waals surface area contributed by atoms with Gasteiger partial charge in [0.05, 0.1) is 18.1 Å². The number of amides is 1. The minimum absolute atomic E-state index is 0.117. The standard InChI is InChI=1S/C22H28N2O4S/c1-17-8-11-20(16-21(17)22(25)24-12-14-28-15-13-24)29(26,27)23-18(2)9-10-19-6-4-3-5-7-19/h3-8,11,16,18,23H,9-10,12-15H2,1-2H3/t18-/m0/s1. The Morgan fingerprint density at radius 1 is 1.14 bits per heavy atom. The van der Waals surface area contributed by atoms with E-state index in [4.69, 9.17) is 4.74 Å². The molecule has 0 bridgehead atoms. The van der Waals surface area contributed by atoms with Crippen molar-refractivity contribution >= 4 is 15.9 Å². The molecule has 1 aliphatic rings. The molecule has 1 N–H and O–H groups in total. The van der Waals surface area contributed by atoms with E-state index in [2.05, 4.69) is 4.72 Å². The molecular formula is C22H28N2O4S. The summed E-state index contributed by atoms with van der Waals surface area (Å²) in [6.07, 6.45) is 1.48. The highest BCUT2D eigenvalue weighted by Gasteiger charge is 2.23. The number of aryl methyl sites for hydroxylation is 2. The zero-order valence-electron chi connectivity index (χ0n) is 16.9. The zero-order valence-corrected chi connectivity index (χ0v) is 17.7. The molecule has 2 aromatic carbocycles. The summed E-state index contributed by atoms with van der Waals surface area (Å²) in [6.45, 7) is 5.72. The van der Waals surface area contributed by atoms with Gasteiger partial charge in [0.2, 0.25) is 10.0 Å². The first-order chi connectivity index (χ1) is 13.9. The van der Waals surface area contributed by atoms with Crippen LogP contribution >= 0.6 is 0 Å². The van der Waals surface area contributed by atoms with E-state index in [1.165, 1.54) is 11.6 Å². The van der Waals surface area contributed by atoms with Gasteiger partial charge in [0.25, 0.3) is 5.91 Å². The highest BCUT2D eigenvalue weighted by atomic mass is 32.2. The molecule has 0 saturated carbocycles. The molecular weight excluding hydrogens is 388 g/mol. The monoisotopic (exact) mass is 416 g/mol. The first kappa shape index (κ1) is 21.5. The predicted octanol–water partition coefficient (Wildman–Crippen LogP) is 2.77. The summed E-state index contributed by atoms with van der Waals surface area (Å²) in [5.41, 5.74) is 2.36. The van der Waals surface area contributed by atoms with Crippen LogP contribution in [0.4, 0.5) is 0 Å². The number of morpholine rings is 1. The van der Waals surface area contributed by atoms with Crippen LogP contribution in [-0.2, 0) is 21.2 Å². The number of hydrogen-bond acceptors (Lipinski definition) is 4. The highest BCUT2D eigenvalue weighted by molar-refractivity contribution is 7.89. The van der Waals surface area contributed by atoms with Crippen LogP contribution in [-0.4, -0.2) is 51.6 Å². The molecule has 3 rings (SSSR count). The third kappa shape index (κ3) is 5.65. The lowest BCUT2D eigenvalue weighted by atomic mass is 10.1. The number of rotatable bonds is 7. The molecule has 6 nitrogen and oxygen atoms in total. The predicted molar refractivity (Wildman–Crippen MR) is 112 cm³/mol. The number of nitrogens with one attached hydrogen (secondary N) is 1. The first-order valence-corrected chi connectivity index (χ1v) is 11.4. The quantitative estimate of drug-likeness (QED) is 0.753. The van der Waals surface area contributed by atoms with Crippen molar-refractivity contribution in [1.29, 1.82) is 0 Å². The summed E-state index contributed by atoms with van der Waals surface area (Å²) in [5.74, 6) is -0.153. The number of nitrogens with zero attached hydrogens (tertiary/aromatic N) is 1. The van der Waals surface area contributed by atoms with E-state index in [-0.39, 0.29) is 16.8 Å². The summed E-state index contributed by atoms with van der Waals surface area (Å²) in [4.78, 5) is 14.7.